The molecular formula is C20H25N5O6S2. The highest BCUT2D eigenvalue weighted by molar-refractivity contribution is 7.92. The van der Waals surface area contributed by atoms with Crippen LogP contribution in [0.25, 0.3) is 0 Å². The molecule has 0 aromatic heterocycles. The predicted molar refractivity (Wildman–Crippen MR) is 122 cm³/mol. The molecule has 2 heterocycles. The van der Waals surface area contributed by atoms with Crippen LogP contribution in [0.1, 0.15) is 38.5 Å². The summed E-state index contributed by atoms with van der Waals surface area (Å²) in [5.74, 6) is -1.18. The van der Waals surface area contributed by atoms with Crippen LogP contribution in [-0.2, 0) is 24.8 Å². The van der Waals surface area contributed by atoms with E-state index in [2.05, 4.69) is 19.9 Å². The number of carbonyl (C=O) groups excluding carboxylic acids is 1. The fourth-order valence-corrected chi connectivity index (χ4v) is 6.49. The molecule has 33 heavy (non-hydrogen) atoms. The number of amides is 1. The molecule has 13 heteroatoms. The maximum absolute atomic E-state index is 13.4. The van der Waals surface area contributed by atoms with Gasteiger partial charge in [-0.3, -0.25) is 14.5 Å². The highest BCUT2D eigenvalue weighted by Crippen LogP contribution is 2.41. The third kappa shape index (κ3) is 3.97. The average molecular weight is 496 g/mol. The lowest BCUT2D eigenvalue weighted by molar-refractivity contribution is -0.137. The van der Waals surface area contributed by atoms with E-state index >= 15 is 0 Å². The molecule has 2 saturated carbocycles. The summed E-state index contributed by atoms with van der Waals surface area (Å²) in [5, 5.41) is 15.4. The molecule has 0 spiro atoms. The quantitative estimate of drug-likeness (QED) is 0.478. The standard InChI is InChI=1S/C20H25N5O6S2/c1-32(28,29)23-12-8-9-14-16(10-12)33(30,31)24-19(21-14)17-18(26)13-6-3-7-15(13)25(20(17)27)22-11-4-2-5-11/h8-11,13,15,22-23,26H,2-7H2,1H3,(H,21,24). The van der Waals surface area contributed by atoms with E-state index in [1.165, 1.54) is 12.1 Å². The number of fused-ring (bicyclic) bond motifs is 2. The van der Waals surface area contributed by atoms with E-state index in [1.807, 2.05) is 0 Å². The number of rotatable bonds is 5. The van der Waals surface area contributed by atoms with Gasteiger partial charge in [0.2, 0.25) is 10.0 Å². The van der Waals surface area contributed by atoms with Crippen LogP contribution in [-0.4, -0.2) is 57.0 Å². The van der Waals surface area contributed by atoms with Crippen LogP contribution in [0, 0.1) is 5.92 Å². The molecule has 1 amide bonds. The molecule has 5 rings (SSSR count). The number of hydrazine groups is 1. The molecule has 0 radical (unpaired) electrons. The highest BCUT2D eigenvalue weighted by Gasteiger charge is 2.47. The highest BCUT2D eigenvalue weighted by atomic mass is 32.2. The molecule has 2 unspecified atom stereocenters. The number of nitrogens with zero attached hydrogens (tertiary/aromatic N) is 2. The minimum atomic E-state index is -4.27. The molecule has 0 bridgehead atoms. The number of aliphatic hydroxyl groups is 1. The van der Waals surface area contributed by atoms with Gasteiger partial charge in [-0.05, 0) is 43.9 Å². The molecular weight excluding hydrogens is 470 g/mol. The molecule has 11 nitrogen and oxygen atoms in total. The first kappa shape index (κ1) is 22.2. The first-order valence-electron chi connectivity index (χ1n) is 10.8. The van der Waals surface area contributed by atoms with Gasteiger partial charge in [-0.2, -0.15) is 8.42 Å². The van der Waals surface area contributed by atoms with E-state index in [1.54, 1.807) is 5.01 Å². The van der Waals surface area contributed by atoms with E-state index in [0.29, 0.717) is 6.42 Å². The van der Waals surface area contributed by atoms with Crippen molar-refractivity contribution < 1.29 is 26.7 Å². The largest absolute Gasteiger partial charge is 0.511 e. The van der Waals surface area contributed by atoms with E-state index < -0.39 is 26.0 Å². The molecule has 4 N–H and O–H groups in total. The van der Waals surface area contributed by atoms with Gasteiger partial charge in [0.1, 0.15) is 16.2 Å². The van der Waals surface area contributed by atoms with Gasteiger partial charge in [0.15, 0.2) is 5.84 Å². The summed E-state index contributed by atoms with van der Waals surface area (Å²) in [4.78, 5) is 13.2. The molecule has 2 fully saturated rings. The second-order valence-corrected chi connectivity index (χ2v) is 12.2. The fourth-order valence-electron chi connectivity index (χ4n) is 4.79. The minimum Gasteiger partial charge on any atom is -0.511 e. The third-order valence-electron chi connectivity index (χ3n) is 6.54. The SMILES string of the molecule is CS(=O)(=O)Nc1ccc2c(c1)S(=O)(=O)N=C(C1=C(O)C3CCCC3N(NC3CCC3)C1=O)N2. The lowest BCUT2D eigenvalue weighted by Gasteiger charge is -2.42. The van der Waals surface area contributed by atoms with Crippen LogP contribution in [0.15, 0.2) is 38.8 Å². The Labute approximate surface area is 192 Å². The van der Waals surface area contributed by atoms with E-state index in [4.69, 9.17) is 0 Å². The van der Waals surface area contributed by atoms with Gasteiger partial charge < -0.3 is 10.4 Å². The molecule has 2 aliphatic heterocycles. The van der Waals surface area contributed by atoms with Gasteiger partial charge in [0.25, 0.3) is 15.9 Å². The number of sulfonamides is 2. The van der Waals surface area contributed by atoms with Gasteiger partial charge >= 0.3 is 0 Å². The second kappa shape index (κ2) is 7.71. The summed E-state index contributed by atoms with van der Waals surface area (Å²) in [6.45, 7) is 0. The zero-order valence-corrected chi connectivity index (χ0v) is 19.5. The van der Waals surface area contributed by atoms with Crippen molar-refractivity contribution in [1.82, 2.24) is 10.4 Å². The number of hydrogen-bond donors (Lipinski definition) is 4. The fraction of sp³-hybridized carbons (Fsp3) is 0.500. The Morgan fingerprint density at radius 3 is 2.58 bits per heavy atom. The smallest absolute Gasteiger partial charge is 0.286 e. The molecule has 4 aliphatic rings. The van der Waals surface area contributed by atoms with Gasteiger partial charge in [0, 0.05) is 17.6 Å². The lowest BCUT2D eigenvalue weighted by Crippen LogP contribution is -2.59. The first-order valence-corrected chi connectivity index (χ1v) is 14.1. The Hall–Kier alpha value is -2.64. The minimum absolute atomic E-state index is 0.0701. The Morgan fingerprint density at radius 2 is 1.91 bits per heavy atom. The Balaban J connectivity index is 1.53. The van der Waals surface area contributed by atoms with Crippen molar-refractivity contribution in [3.8, 4) is 0 Å². The van der Waals surface area contributed by atoms with Crippen LogP contribution in [0.2, 0.25) is 0 Å². The van der Waals surface area contributed by atoms with Crippen molar-refractivity contribution in [2.45, 2.75) is 55.5 Å². The maximum atomic E-state index is 13.4. The Bertz CT molecular complexity index is 1300. The number of nitrogens with one attached hydrogen (secondary N) is 3. The maximum Gasteiger partial charge on any atom is 0.286 e. The lowest BCUT2D eigenvalue weighted by atomic mass is 9.90. The third-order valence-corrected chi connectivity index (χ3v) is 8.47. The van der Waals surface area contributed by atoms with Crippen molar-refractivity contribution in [1.29, 1.82) is 0 Å². The van der Waals surface area contributed by atoms with Crippen molar-refractivity contribution in [3.63, 3.8) is 0 Å². The summed E-state index contributed by atoms with van der Waals surface area (Å²) in [6.07, 6.45) is 6.24. The number of anilines is 2. The number of aliphatic hydroxyl groups excluding tert-OH is 1. The zero-order chi connectivity index (χ0) is 23.5. The van der Waals surface area contributed by atoms with Crippen molar-refractivity contribution in [3.05, 3.63) is 29.5 Å². The van der Waals surface area contributed by atoms with Crippen molar-refractivity contribution in [2.75, 3.05) is 16.3 Å². The van der Waals surface area contributed by atoms with Gasteiger partial charge in [0.05, 0.1) is 18.0 Å². The van der Waals surface area contributed by atoms with Gasteiger partial charge in [-0.15, -0.1) is 4.40 Å². The second-order valence-electron chi connectivity index (χ2n) is 8.92. The molecule has 0 saturated heterocycles. The summed E-state index contributed by atoms with van der Waals surface area (Å²) < 4.78 is 54.9. The molecule has 2 aliphatic carbocycles. The van der Waals surface area contributed by atoms with Crippen LogP contribution in [0.4, 0.5) is 11.4 Å². The molecule has 1 aromatic rings. The summed E-state index contributed by atoms with van der Waals surface area (Å²) in [7, 11) is -7.87. The van der Waals surface area contributed by atoms with Gasteiger partial charge in [-0.25, -0.2) is 13.8 Å². The first-order chi connectivity index (χ1) is 15.5. The number of hydrogen-bond acceptors (Lipinski definition) is 8. The summed E-state index contributed by atoms with van der Waals surface area (Å²) in [5.41, 5.74) is 3.33. The van der Waals surface area contributed by atoms with Crippen LogP contribution in [0.3, 0.4) is 0 Å². The number of carbonyl (C=O) groups is 1. The molecule has 2 atom stereocenters. The average Bonchev–Trinajstić information content (AvgIpc) is 3.15. The number of benzene rings is 1. The van der Waals surface area contributed by atoms with Crippen molar-refractivity contribution in [2.24, 2.45) is 10.3 Å². The topological polar surface area (TPSA) is 157 Å². The summed E-state index contributed by atoms with van der Waals surface area (Å²) in [6, 6.07) is 3.96. The van der Waals surface area contributed by atoms with Gasteiger partial charge in [-0.1, -0.05) is 12.8 Å². The van der Waals surface area contributed by atoms with Crippen LogP contribution in [0.5, 0.6) is 0 Å². The van der Waals surface area contributed by atoms with E-state index in [9.17, 15) is 26.7 Å². The Kier molecular flexibility index (Phi) is 5.18. The molecule has 1 aromatic carbocycles. The van der Waals surface area contributed by atoms with E-state index in [-0.39, 0.29) is 51.4 Å². The van der Waals surface area contributed by atoms with E-state index in [0.717, 1.165) is 44.4 Å². The van der Waals surface area contributed by atoms with Crippen molar-refractivity contribution >= 4 is 43.2 Å². The molecule has 178 valence electrons. The zero-order valence-electron chi connectivity index (χ0n) is 17.9. The predicted octanol–water partition coefficient (Wildman–Crippen LogP) is 1.45. The number of amidine groups is 1. The normalized spacial score (nSPS) is 26.8. The monoisotopic (exact) mass is 495 g/mol. The Morgan fingerprint density at radius 1 is 1.18 bits per heavy atom. The van der Waals surface area contributed by atoms with Crippen LogP contribution >= 0.6 is 0 Å². The van der Waals surface area contributed by atoms with Crippen LogP contribution < -0.4 is 15.5 Å². The summed E-state index contributed by atoms with van der Waals surface area (Å²) >= 11 is 0.